The third-order valence-corrected chi connectivity index (χ3v) is 5.88. The van der Waals surface area contributed by atoms with Crippen molar-refractivity contribution >= 4 is 23.6 Å². The van der Waals surface area contributed by atoms with Crippen LogP contribution in [-0.4, -0.2) is 49.6 Å². The van der Waals surface area contributed by atoms with E-state index in [9.17, 15) is 4.79 Å². The molecule has 2 aromatic heterocycles. The standard InChI is InChI=1S/C24H24N6O3S/c1-4-33-20-12-8-18(9-13-20)30-21(17-6-10-19(32-3)11-7-17)28-29-24(30)34-16(2)22(31)27-23-25-14-5-15-26-23/h5-16H,4H2,1-3H3,(H,25,26,27,31). The Balaban J connectivity index is 1.66. The number of nitrogens with one attached hydrogen (secondary N) is 1. The minimum absolute atomic E-state index is 0.233. The molecule has 0 aliphatic rings. The summed E-state index contributed by atoms with van der Waals surface area (Å²) in [6.07, 6.45) is 3.15. The zero-order valence-electron chi connectivity index (χ0n) is 19.0. The molecule has 1 atom stereocenters. The molecular formula is C24H24N6O3S. The van der Waals surface area contributed by atoms with E-state index in [0.717, 1.165) is 22.7 Å². The first kappa shape index (κ1) is 23.2. The summed E-state index contributed by atoms with van der Waals surface area (Å²) in [5.74, 6) is 2.19. The quantitative estimate of drug-likeness (QED) is 0.358. The van der Waals surface area contributed by atoms with Crippen molar-refractivity contribution in [2.75, 3.05) is 19.0 Å². The summed E-state index contributed by atoms with van der Waals surface area (Å²) in [7, 11) is 1.62. The number of anilines is 1. The molecule has 4 rings (SSSR count). The van der Waals surface area contributed by atoms with Crippen molar-refractivity contribution in [2.24, 2.45) is 0 Å². The number of thioether (sulfide) groups is 1. The average Bonchev–Trinajstić information content (AvgIpc) is 3.28. The van der Waals surface area contributed by atoms with Crippen LogP contribution < -0.4 is 14.8 Å². The third kappa shape index (κ3) is 5.34. The number of methoxy groups -OCH3 is 1. The second kappa shape index (κ2) is 10.8. The summed E-state index contributed by atoms with van der Waals surface area (Å²) in [5.41, 5.74) is 1.71. The van der Waals surface area contributed by atoms with Crippen molar-refractivity contribution in [1.29, 1.82) is 0 Å². The van der Waals surface area contributed by atoms with Crippen LogP contribution in [-0.2, 0) is 4.79 Å². The molecule has 0 fully saturated rings. The van der Waals surface area contributed by atoms with E-state index in [0.29, 0.717) is 17.6 Å². The van der Waals surface area contributed by atoms with E-state index in [1.807, 2.05) is 60.0 Å². The third-order valence-electron chi connectivity index (χ3n) is 4.84. The van der Waals surface area contributed by atoms with E-state index < -0.39 is 5.25 Å². The van der Waals surface area contributed by atoms with Gasteiger partial charge >= 0.3 is 0 Å². The highest BCUT2D eigenvalue weighted by Crippen LogP contribution is 2.31. The van der Waals surface area contributed by atoms with Crippen molar-refractivity contribution in [3.63, 3.8) is 0 Å². The molecule has 1 N–H and O–H groups in total. The Hall–Kier alpha value is -3.92. The molecule has 2 aromatic carbocycles. The number of hydrogen-bond donors (Lipinski definition) is 1. The van der Waals surface area contributed by atoms with Crippen molar-refractivity contribution in [3.05, 3.63) is 67.0 Å². The maximum absolute atomic E-state index is 12.7. The Morgan fingerprint density at radius 2 is 1.71 bits per heavy atom. The smallest absolute Gasteiger partial charge is 0.240 e. The molecule has 4 aromatic rings. The average molecular weight is 477 g/mol. The molecule has 0 saturated heterocycles. The monoisotopic (exact) mass is 476 g/mol. The van der Waals surface area contributed by atoms with Crippen LogP contribution in [0.2, 0.25) is 0 Å². The molecule has 34 heavy (non-hydrogen) atoms. The lowest BCUT2D eigenvalue weighted by Gasteiger charge is -2.14. The minimum Gasteiger partial charge on any atom is -0.497 e. The number of benzene rings is 2. The lowest BCUT2D eigenvalue weighted by Crippen LogP contribution is -2.24. The van der Waals surface area contributed by atoms with Gasteiger partial charge < -0.3 is 9.47 Å². The van der Waals surface area contributed by atoms with Crippen LogP contribution in [0.5, 0.6) is 11.5 Å². The molecular weight excluding hydrogens is 452 g/mol. The van der Waals surface area contributed by atoms with Crippen molar-refractivity contribution in [3.8, 4) is 28.6 Å². The number of aromatic nitrogens is 5. The van der Waals surface area contributed by atoms with Crippen LogP contribution in [0.25, 0.3) is 17.1 Å². The molecule has 1 unspecified atom stereocenters. The molecule has 9 nitrogen and oxygen atoms in total. The van der Waals surface area contributed by atoms with Crippen molar-refractivity contribution in [1.82, 2.24) is 24.7 Å². The largest absolute Gasteiger partial charge is 0.497 e. The fourth-order valence-corrected chi connectivity index (χ4v) is 4.02. The predicted molar refractivity (Wildman–Crippen MR) is 130 cm³/mol. The van der Waals surface area contributed by atoms with Gasteiger partial charge in [-0.05, 0) is 68.4 Å². The molecule has 0 aliphatic heterocycles. The fraction of sp³-hybridized carbons (Fsp3) is 0.208. The summed E-state index contributed by atoms with van der Waals surface area (Å²) < 4.78 is 12.8. The lowest BCUT2D eigenvalue weighted by atomic mass is 10.2. The first-order chi connectivity index (χ1) is 16.6. The first-order valence-electron chi connectivity index (χ1n) is 10.7. The van der Waals surface area contributed by atoms with Crippen LogP contribution in [0.3, 0.4) is 0 Å². The minimum atomic E-state index is -0.474. The van der Waals surface area contributed by atoms with Gasteiger partial charge in [0.15, 0.2) is 11.0 Å². The zero-order valence-corrected chi connectivity index (χ0v) is 19.8. The van der Waals surface area contributed by atoms with Crippen molar-refractivity contribution < 1.29 is 14.3 Å². The first-order valence-corrected chi connectivity index (χ1v) is 11.5. The second-order valence-electron chi connectivity index (χ2n) is 7.12. The van der Waals surface area contributed by atoms with E-state index in [1.54, 1.807) is 32.5 Å². The number of amides is 1. The molecule has 0 aliphatic carbocycles. The number of carbonyl (C=O) groups is 1. The van der Waals surface area contributed by atoms with Gasteiger partial charge in [-0.15, -0.1) is 10.2 Å². The summed E-state index contributed by atoms with van der Waals surface area (Å²) in [4.78, 5) is 20.8. The van der Waals surface area contributed by atoms with Crippen molar-refractivity contribution in [2.45, 2.75) is 24.3 Å². The Kier molecular flexibility index (Phi) is 7.38. The fourth-order valence-electron chi connectivity index (χ4n) is 3.15. The van der Waals surface area contributed by atoms with Gasteiger partial charge in [0.05, 0.1) is 19.0 Å². The van der Waals surface area contributed by atoms with Gasteiger partial charge in [-0.2, -0.15) is 0 Å². The molecule has 0 saturated carbocycles. The molecule has 2 heterocycles. The Morgan fingerprint density at radius 1 is 1.03 bits per heavy atom. The van der Waals surface area contributed by atoms with Crippen LogP contribution in [0.1, 0.15) is 13.8 Å². The Morgan fingerprint density at radius 3 is 2.35 bits per heavy atom. The Bertz CT molecular complexity index is 1230. The van der Waals surface area contributed by atoms with Gasteiger partial charge in [0, 0.05) is 23.6 Å². The van der Waals surface area contributed by atoms with Crippen LogP contribution in [0.4, 0.5) is 5.95 Å². The summed E-state index contributed by atoms with van der Waals surface area (Å²) >= 11 is 1.30. The summed E-state index contributed by atoms with van der Waals surface area (Å²) in [6.45, 7) is 4.33. The highest BCUT2D eigenvalue weighted by molar-refractivity contribution is 8.00. The highest BCUT2D eigenvalue weighted by Gasteiger charge is 2.22. The van der Waals surface area contributed by atoms with E-state index in [1.165, 1.54) is 11.8 Å². The normalized spacial score (nSPS) is 11.6. The van der Waals surface area contributed by atoms with Gasteiger partial charge in [-0.1, -0.05) is 11.8 Å². The van der Waals surface area contributed by atoms with E-state index in [-0.39, 0.29) is 11.9 Å². The number of ether oxygens (including phenoxy) is 2. The summed E-state index contributed by atoms with van der Waals surface area (Å²) in [6, 6.07) is 16.9. The Labute approximate surface area is 201 Å². The molecule has 0 radical (unpaired) electrons. The molecule has 10 heteroatoms. The van der Waals surface area contributed by atoms with Gasteiger partial charge in [-0.3, -0.25) is 14.7 Å². The molecule has 0 bridgehead atoms. The SMILES string of the molecule is CCOc1ccc(-n2c(SC(C)C(=O)Nc3ncccn3)nnc2-c2ccc(OC)cc2)cc1. The van der Waals surface area contributed by atoms with Gasteiger partial charge in [0.25, 0.3) is 0 Å². The maximum Gasteiger partial charge on any atom is 0.240 e. The van der Waals surface area contributed by atoms with E-state index in [2.05, 4.69) is 25.5 Å². The second-order valence-corrected chi connectivity index (χ2v) is 8.43. The van der Waals surface area contributed by atoms with E-state index >= 15 is 0 Å². The van der Waals surface area contributed by atoms with Crippen LogP contribution in [0.15, 0.2) is 72.1 Å². The summed E-state index contributed by atoms with van der Waals surface area (Å²) in [5, 5.41) is 11.7. The van der Waals surface area contributed by atoms with Gasteiger partial charge in [0.1, 0.15) is 11.5 Å². The number of hydrogen-bond acceptors (Lipinski definition) is 8. The maximum atomic E-state index is 12.7. The highest BCUT2D eigenvalue weighted by atomic mass is 32.2. The topological polar surface area (TPSA) is 104 Å². The van der Waals surface area contributed by atoms with Gasteiger partial charge in [0.2, 0.25) is 11.9 Å². The molecule has 1 amide bonds. The number of carbonyl (C=O) groups excluding carboxylic acids is 1. The number of rotatable bonds is 9. The van der Waals surface area contributed by atoms with Crippen LogP contribution >= 0.6 is 11.8 Å². The number of nitrogens with zero attached hydrogens (tertiary/aromatic N) is 5. The zero-order chi connectivity index (χ0) is 23.9. The lowest BCUT2D eigenvalue weighted by molar-refractivity contribution is -0.115. The predicted octanol–water partition coefficient (Wildman–Crippen LogP) is 4.25. The van der Waals surface area contributed by atoms with Gasteiger partial charge in [-0.25, -0.2) is 9.97 Å². The molecule has 0 spiro atoms. The van der Waals surface area contributed by atoms with E-state index in [4.69, 9.17) is 9.47 Å². The molecule has 174 valence electrons. The van der Waals surface area contributed by atoms with Crippen LogP contribution in [0, 0.1) is 0 Å².